The predicted octanol–water partition coefficient (Wildman–Crippen LogP) is 3.74. The van der Waals surface area contributed by atoms with E-state index in [1.54, 1.807) is 0 Å². The lowest BCUT2D eigenvalue weighted by molar-refractivity contribution is 0.305. The van der Waals surface area contributed by atoms with Gasteiger partial charge in [0.1, 0.15) is 5.82 Å². The molecular formula is C11H15BrFNO. The van der Waals surface area contributed by atoms with Crippen LogP contribution < -0.4 is 10.5 Å². The summed E-state index contributed by atoms with van der Waals surface area (Å²) in [6.45, 7) is 2.74. The fraction of sp³-hybridized carbons (Fsp3) is 0.455. The van der Waals surface area contributed by atoms with Gasteiger partial charge < -0.3 is 10.5 Å². The first-order valence-electron chi connectivity index (χ1n) is 5.02. The summed E-state index contributed by atoms with van der Waals surface area (Å²) in [5.41, 5.74) is 5.97. The summed E-state index contributed by atoms with van der Waals surface area (Å²) in [7, 11) is 0. The average Bonchev–Trinajstić information content (AvgIpc) is 2.15. The molecule has 0 saturated heterocycles. The number of nitrogens with two attached hydrogens (primary N) is 1. The summed E-state index contributed by atoms with van der Waals surface area (Å²) in [5.74, 6) is 0.174. The molecule has 0 aliphatic heterocycles. The fourth-order valence-corrected chi connectivity index (χ4v) is 1.82. The van der Waals surface area contributed by atoms with Crippen molar-refractivity contribution >= 4 is 21.6 Å². The third-order valence-electron chi connectivity index (χ3n) is 2.03. The second-order valence-electron chi connectivity index (χ2n) is 3.36. The largest absolute Gasteiger partial charge is 0.490 e. The Balaban J connectivity index is 2.60. The molecule has 84 valence electrons. The minimum atomic E-state index is -0.361. The zero-order valence-corrected chi connectivity index (χ0v) is 10.3. The molecule has 0 aromatic heterocycles. The molecule has 0 bridgehead atoms. The van der Waals surface area contributed by atoms with Crippen LogP contribution in [0.5, 0.6) is 5.75 Å². The molecule has 0 saturated carbocycles. The van der Waals surface area contributed by atoms with Crippen LogP contribution in [-0.4, -0.2) is 6.61 Å². The number of unbranched alkanes of at least 4 members (excludes halogenated alkanes) is 2. The summed E-state index contributed by atoms with van der Waals surface area (Å²) in [5, 5.41) is 0. The van der Waals surface area contributed by atoms with Gasteiger partial charge in [0, 0.05) is 6.07 Å². The third kappa shape index (κ3) is 3.70. The van der Waals surface area contributed by atoms with E-state index in [0.717, 1.165) is 19.3 Å². The van der Waals surface area contributed by atoms with E-state index in [2.05, 4.69) is 22.9 Å². The smallest absolute Gasteiger partial charge is 0.156 e. The molecule has 0 radical (unpaired) electrons. The number of hydrogen-bond acceptors (Lipinski definition) is 2. The van der Waals surface area contributed by atoms with E-state index >= 15 is 0 Å². The van der Waals surface area contributed by atoms with Crippen molar-refractivity contribution in [1.29, 1.82) is 0 Å². The Kier molecular flexibility index (Phi) is 4.88. The van der Waals surface area contributed by atoms with Crippen LogP contribution in [0.15, 0.2) is 16.6 Å². The summed E-state index contributed by atoms with van der Waals surface area (Å²) >= 11 is 3.22. The molecule has 0 heterocycles. The molecule has 4 heteroatoms. The molecule has 15 heavy (non-hydrogen) atoms. The van der Waals surface area contributed by atoms with E-state index in [4.69, 9.17) is 10.5 Å². The van der Waals surface area contributed by atoms with Crippen LogP contribution in [0.2, 0.25) is 0 Å². The number of ether oxygens (including phenoxy) is 1. The number of benzene rings is 1. The normalized spacial score (nSPS) is 10.3. The van der Waals surface area contributed by atoms with Gasteiger partial charge in [-0.15, -0.1) is 0 Å². The van der Waals surface area contributed by atoms with Gasteiger partial charge in [-0.2, -0.15) is 0 Å². The Labute approximate surface area is 97.7 Å². The first-order valence-corrected chi connectivity index (χ1v) is 5.81. The van der Waals surface area contributed by atoms with Gasteiger partial charge in [-0.05, 0) is 28.4 Å². The zero-order chi connectivity index (χ0) is 11.3. The highest BCUT2D eigenvalue weighted by molar-refractivity contribution is 9.10. The Bertz CT molecular complexity index is 307. The van der Waals surface area contributed by atoms with Crippen LogP contribution >= 0.6 is 15.9 Å². The van der Waals surface area contributed by atoms with Crippen LogP contribution in [0.3, 0.4) is 0 Å². The Morgan fingerprint density at radius 2 is 2.13 bits per heavy atom. The van der Waals surface area contributed by atoms with Crippen LogP contribution in [0, 0.1) is 5.82 Å². The van der Waals surface area contributed by atoms with Gasteiger partial charge in [-0.25, -0.2) is 4.39 Å². The summed E-state index contributed by atoms with van der Waals surface area (Å²) in [6, 6.07) is 2.62. The van der Waals surface area contributed by atoms with Crippen molar-refractivity contribution in [3.8, 4) is 5.75 Å². The summed E-state index contributed by atoms with van der Waals surface area (Å²) in [4.78, 5) is 0. The number of anilines is 1. The molecule has 2 nitrogen and oxygen atoms in total. The molecule has 0 aliphatic carbocycles. The maximum absolute atomic E-state index is 12.9. The van der Waals surface area contributed by atoms with Crippen molar-refractivity contribution in [1.82, 2.24) is 0 Å². The molecule has 1 aromatic carbocycles. The SMILES string of the molecule is CCCCCOc1c(N)cc(F)cc1Br. The molecular weight excluding hydrogens is 261 g/mol. The first kappa shape index (κ1) is 12.3. The number of hydrogen-bond donors (Lipinski definition) is 1. The summed E-state index contributed by atoms with van der Waals surface area (Å²) in [6.07, 6.45) is 3.25. The van der Waals surface area contributed by atoms with Gasteiger partial charge >= 0.3 is 0 Å². The van der Waals surface area contributed by atoms with E-state index in [-0.39, 0.29) is 5.82 Å². The third-order valence-corrected chi connectivity index (χ3v) is 2.62. The Hall–Kier alpha value is -0.770. The van der Waals surface area contributed by atoms with Gasteiger partial charge in [0.25, 0.3) is 0 Å². The van der Waals surface area contributed by atoms with Crippen LogP contribution in [0.4, 0.5) is 10.1 Å². The van der Waals surface area contributed by atoms with Crippen LogP contribution in [0.1, 0.15) is 26.2 Å². The molecule has 0 amide bonds. The lowest BCUT2D eigenvalue weighted by atomic mass is 10.2. The summed E-state index contributed by atoms with van der Waals surface area (Å²) < 4.78 is 18.9. The van der Waals surface area contributed by atoms with Crippen LogP contribution in [-0.2, 0) is 0 Å². The monoisotopic (exact) mass is 275 g/mol. The van der Waals surface area contributed by atoms with Crippen molar-refractivity contribution in [3.63, 3.8) is 0 Å². The minimum absolute atomic E-state index is 0.332. The van der Waals surface area contributed by atoms with Gasteiger partial charge in [-0.1, -0.05) is 19.8 Å². The highest BCUT2D eigenvalue weighted by Crippen LogP contribution is 2.32. The molecule has 0 spiro atoms. The lowest BCUT2D eigenvalue weighted by Gasteiger charge is -2.10. The van der Waals surface area contributed by atoms with Crippen molar-refractivity contribution in [2.75, 3.05) is 12.3 Å². The molecule has 0 fully saturated rings. The molecule has 0 atom stereocenters. The number of nitrogen functional groups attached to an aromatic ring is 1. The lowest BCUT2D eigenvalue weighted by Crippen LogP contribution is -2.01. The highest BCUT2D eigenvalue weighted by atomic mass is 79.9. The second kappa shape index (κ2) is 5.95. The first-order chi connectivity index (χ1) is 7.15. The van der Waals surface area contributed by atoms with E-state index in [1.165, 1.54) is 12.1 Å². The molecule has 1 aromatic rings. The fourth-order valence-electron chi connectivity index (χ4n) is 1.26. The van der Waals surface area contributed by atoms with Gasteiger partial charge in [-0.3, -0.25) is 0 Å². The molecule has 0 aliphatic rings. The molecule has 0 unspecified atom stereocenters. The second-order valence-corrected chi connectivity index (χ2v) is 4.22. The standard InChI is InChI=1S/C11H15BrFNO/c1-2-3-4-5-15-11-9(12)6-8(13)7-10(11)14/h6-7H,2-5,14H2,1H3. The van der Waals surface area contributed by atoms with Crippen LogP contribution in [0.25, 0.3) is 0 Å². The van der Waals surface area contributed by atoms with Crippen molar-refractivity contribution in [3.05, 3.63) is 22.4 Å². The minimum Gasteiger partial charge on any atom is -0.490 e. The topological polar surface area (TPSA) is 35.2 Å². The van der Waals surface area contributed by atoms with Gasteiger partial charge in [0.2, 0.25) is 0 Å². The number of rotatable bonds is 5. The van der Waals surface area contributed by atoms with E-state index in [1.807, 2.05) is 0 Å². The number of halogens is 2. The molecule has 2 N–H and O–H groups in total. The highest BCUT2D eigenvalue weighted by Gasteiger charge is 2.07. The van der Waals surface area contributed by atoms with E-state index in [0.29, 0.717) is 22.5 Å². The average molecular weight is 276 g/mol. The maximum atomic E-state index is 12.9. The Morgan fingerprint density at radius 3 is 2.73 bits per heavy atom. The van der Waals surface area contributed by atoms with E-state index < -0.39 is 0 Å². The van der Waals surface area contributed by atoms with Crippen molar-refractivity contribution < 1.29 is 9.13 Å². The maximum Gasteiger partial charge on any atom is 0.156 e. The predicted molar refractivity (Wildman–Crippen MR) is 63.5 cm³/mol. The van der Waals surface area contributed by atoms with Crippen molar-refractivity contribution in [2.24, 2.45) is 0 Å². The Morgan fingerprint density at radius 1 is 1.40 bits per heavy atom. The van der Waals surface area contributed by atoms with Gasteiger partial charge in [0.05, 0.1) is 16.8 Å². The van der Waals surface area contributed by atoms with Crippen molar-refractivity contribution in [2.45, 2.75) is 26.2 Å². The zero-order valence-electron chi connectivity index (χ0n) is 8.72. The quantitative estimate of drug-likeness (QED) is 0.656. The van der Waals surface area contributed by atoms with Gasteiger partial charge in [0.15, 0.2) is 5.75 Å². The molecule has 1 rings (SSSR count). The van der Waals surface area contributed by atoms with E-state index in [9.17, 15) is 4.39 Å².